The lowest BCUT2D eigenvalue weighted by atomic mass is 10.1. The number of halogens is 1. The molecule has 0 bridgehead atoms. The number of benzene rings is 1. The third-order valence-electron chi connectivity index (χ3n) is 1.69. The van der Waals surface area contributed by atoms with Crippen molar-refractivity contribution in [1.82, 2.24) is 0 Å². The Balaban J connectivity index is 2.64. The smallest absolute Gasteiger partial charge is 0.320 e. The Morgan fingerprint density at radius 2 is 2.00 bits per heavy atom. The second-order valence-corrected chi connectivity index (χ2v) is 4.02. The maximum atomic E-state index is 10.4. The van der Waals surface area contributed by atoms with E-state index in [9.17, 15) is 4.79 Å². The van der Waals surface area contributed by atoms with Gasteiger partial charge in [0, 0.05) is 3.57 Å². The van der Waals surface area contributed by atoms with Gasteiger partial charge in [-0.05, 0) is 46.7 Å². The molecule has 0 fully saturated rings. The number of carboxylic acids is 1. The van der Waals surface area contributed by atoms with Gasteiger partial charge in [-0.2, -0.15) is 0 Å². The predicted octanol–water partition coefficient (Wildman–Crippen LogP) is 1.25. The van der Waals surface area contributed by atoms with Gasteiger partial charge in [0.1, 0.15) is 6.04 Å². The summed E-state index contributed by atoms with van der Waals surface area (Å²) in [6.07, 6.45) is 0.381. The molecule has 1 rings (SSSR count). The van der Waals surface area contributed by atoms with Crippen LogP contribution >= 0.6 is 22.6 Å². The van der Waals surface area contributed by atoms with Crippen LogP contribution in [0.5, 0.6) is 0 Å². The van der Waals surface area contributed by atoms with Crippen LogP contribution in [0.3, 0.4) is 0 Å². The fourth-order valence-corrected chi connectivity index (χ4v) is 1.32. The summed E-state index contributed by atoms with van der Waals surface area (Å²) < 4.78 is 1.13. The van der Waals surface area contributed by atoms with Gasteiger partial charge in [0.2, 0.25) is 0 Å². The number of carbonyl (C=O) groups is 1. The molecular weight excluding hydrogens is 277 g/mol. The predicted molar refractivity (Wildman–Crippen MR) is 58.5 cm³/mol. The van der Waals surface area contributed by atoms with E-state index in [1.54, 1.807) is 0 Å². The molecule has 0 radical (unpaired) electrons. The summed E-state index contributed by atoms with van der Waals surface area (Å²) in [5.41, 5.74) is 6.34. The lowest BCUT2D eigenvalue weighted by Gasteiger charge is -2.05. The zero-order valence-corrected chi connectivity index (χ0v) is 9.06. The molecule has 3 N–H and O–H groups in total. The molecule has 0 unspecified atom stereocenters. The summed E-state index contributed by atoms with van der Waals surface area (Å²) in [5, 5.41) is 8.57. The van der Waals surface area contributed by atoms with E-state index in [2.05, 4.69) is 22.6 Å². The van der Waals surface area contributed by atoms with E-state index in [4.69, 9.17) is 10.8 Å². The van der Waals surface area contributed by atoms with Crippen molar-refractivity contribution in [2.45, 2.75) is 12.5 Å². The zero-order valence-electron chi connectivity index (χ0n) is 6.90. The van der Waals surface area contributed by atoms with Gasteiger partial charge in [-0.3, -0.25) is 4.79 Å². The van der Waals surface area contributed by atoms with E-state index in [0.717, 1.165) is 9.13 Å². The van der Waals surface area contributed by atoms with E-state index >= 15 is 0 Å². The first-order valence-corrected chi connectivity index (χ1v) is 4.90. The minimum atomic E-state index is -0.960. The number of nitrogens with two attached hydrogens (primary N) is 1. The van der Waals surface area contributed by atoms with Crippen molar-refractivity contribution in [2.75, 3.05) is 0 Å². The van der Waals surface area contributed by atoms with E-state index in [1.807, 2.05) is 24.3 Å². The molecule has 0 aliphatic rings. The highest BCUT2D eigenvalue weighted by molar-refractivity contribution is 14.1. The Labute approximate surface area is 90.1 Å². The quantitative estimate of drug-likeness (QED) is 0.822. The number of aliphatic carboxylic acids is 1. The molecule has 13 heavy (non-hydrogen) atoms. The van der Waals surface area contributed by atoms with Gasteiger partial charge in [-0.15, -0.1) is 0 Å². The molecule has 70 valence electrons. The molecule has 0 aromatic heterocycles. The van der Waals surface area contributed by atoms with Gasteiger partial charge in [0.15, 0.2) is 0 Å². The molecule has 0 saturated carbocycles. The van der Waals surface area contributed by atoms with E-state index < -0.39 is 12.0 Å². The highest BCUT2D eigenvalue weighted by Gasteiger charge is 2.11. The Bertz CT molecular complexity index is 297. The molecule has 1 aromatic carbocycles. The molecule has 3 nitrogen and oxygen atoms in total. The standard InChI is InChI=1S/C9H10INO2/c10-7-3-1-6(2-4-7)5-8(11)9(12)13/h1-4,8H,5,11H2,(H,12,13)/t8-/m0/s1/i10-4. The van der Waals surface area contributed by atoms with E-state index in [1.165, 1.54) is 0 Å². The molecule has 0 saturated heterocycles. The Hall–Kier alpha value is -0.620. The minimum Gasteiger partial charge on any atom is -0.480 e. The highest BCUT2D eigenvalue weighted by atomic mass is 123. The van der Waals surface area contributed by atoms with Crippen LogP contribution in [-0.2, 0) is 11.2 Å². The van der Waals surface area contributed by atoms with Crippen LogP contribution in [0.25, 0.3) is 0 Å². The number of carboxylic acid groups (broad SMARTS) is 1. The summed E-state index contributed by atoms with van der Waals surface area (Å²) in [6.45, 7) is 0. The van der Waals surface area contributed by atoms with Crippen LogP contribution in [0.4, 0.5) is 0 Å². The third-order valence-corrected chi connectivity index (χ3v) is 2.41. The molecular formula is C9H10INO2. The molecule has 1 atom stereocenters. The Kier molecular flexibility index (Phi) is 3.68. The summed E-state index contributed by atoms with van der Waals surface area (Å²) in [4.78, 5) is 10.4. The monoisotopic (exact) mass is 287 g/mol. The highest BCUT2D eigenvalue weighted by Crippen LogP contribution is 2.08. The lowest BCUT2D eigenvalue weighted by molar-refractivity contribution is -0.138. The fraction of sp³-hybridized carbons (Fsp3) is 0.222. The molecule has 0 amide bonds. The van der Waals surface area contributed by atoms with Crippen molar-refractivity contribution in [3.63, 3.8) is 0 Å². The van der Waals surface area contributed by atoms with Gasteiger partial charge < -0.3 is 10.8 Å². The second-order valence-electron chi connectivity index (χ2n) is 2.78. The van der Waals surface area contributed by atoms with Crippen LogP contribution in [0.15, 0.2) is 24.3 Å². The van der Waals surface area contributed by atoms with Crippen LogP contribution in [0.1, 0.15) is 5.56 Å². The topological polar surface area (TPSA) is 63.3 Å². The average molecular weight is 287 g/mol. The van der Waals surface area contributed by atoms with Crippen molar-refractivity contribution >= 4 is 28.6 Å². The molecule has 0 spiro atoms. The normalized spacial score (nSPS) is 12.5. The minimum absolute atomic E-state index is 0.381. The fourth-order valence-electron chi connectivity index (χ4n) is 0.962. The largest absolute Gasteiger partial charge is 0.480 e. The first-order valence-electron chi connectivity index (χ1n) is 3.82. The van der Waals surface area contributed by atoms with E-state index in [0.29, 0.717) is 6.42 Å². The van der Waals surface area contributed by atoms with Crippen molar-refractivity contribution in [2.24, 2.45) is 5.73 Å². The van der Waals surface area contributed by atoms with Crippen LogP contribution in [0.2, 0.25) is 0 Å². The van der Waals surface area contributed by atoms with E-state index in [-0.39, 0.29) is 0 Å². The summed E-state index contributed by atoms with van der Waals surface area (Å²) in [5.74, 6) is -0.960. The van der Waals surface area contributed by atoms with Crippen molar-refractivity contribution in [3.8, 4) is 0 Å². The van der Waals surface area contributed by atoms with Gasteiger partial charge in [0.05, 0.1) is 0 Å². The first kappa shape index (κ1) is 10.5. The molecule has 0 aliphatic carbocycles. The van der Waals surface area contributed by atoms with Gasteiger partial charge in [-0.1, -0.05) is 12.1 Å². The SMILES string of the molecule is N[C@@H](Cc1ccc([123I])cc1)C(=O)O. The summed E-state index contributed by atoms with van der Waals surface area (Å²) in [7, 11) is 0. The van der Waals surface area contributed by atoms with Gasteiger partial charge in [-0.25, -0.2) is 0 Å². The van der Waals surface area contributed by atoms with Crippen LogP contribution in [-0.4, -0.2) is 17.1 Å². The van der Waals surface area contributed by atoms with Crippen LogP contribution < -0.4 is 5.73 Å². The first-order chi connectivity index (χ1) is 6.09. The summed E-state index contributed by atoms with van der Waals surface area (Å²) in [6, 6.07) is 6.85. The molecule has 1 aromatic rings. The summed E-state index contributed by atoms with van der Waals surface area (Å²) >= 11 is 2.20. The average Bonchev–Trinajstić information content (AvgIpc) is 2.08. The maximum Gasteiger partial charge on any atom is 0.320 e. The van der Waals surface area contributed by atoms with Crippen molar-refractivity contribution < 1.29 is 9.90 Å². The second kappa shape index (κ2) is 4.57. The molecule has 4 heteroatoms. The lowest BCUT2D eigenvalue weighted by Crippen LogP contribution is -2.32. The van der Waals surface area contributed by atoms with Crippen LogP contribution in [0, 0.1) is 3.57 Å². The van der Waals surface area contributed by atoms with Crippen molar-refractivity contribution in [1.29, 1.82) is 0 Å². The van der Waals surface area contributed by atoms with Crippen molar-refractivity contribution in [3.05, 3.63) is 33.4 Å². The maximum absolute atomic E-state index is 10.4. The Morgan fingerprint density at radius 3 is 2.46 bits per heavy atom. The number of hydrogen-bond donors (Lipinski definition) is 2. The third kappa shape index (κ3) is 3.31. The van der Waals surface area contributed by atoms with Gasteiger partial charge in [0.25, 0.3) is 0 Å². The number of hydrogen-bond acceptors (Lipinski definition) is 2. The Morgan fingerprint density at radius 1 is 1.46 bits per heavy atom. The van der Waals surface area contributed by atoms with Gasteiger partial charge >= 0.3 is 5.97 Å². The number of rotatable bonds is 3. The molecule has 0 aliphatic heterocycles. The molecule has 0 heterocycles. The zero-order chi connectivity index (χ0) is 9.84.